The molecule has 6 rings (SSSR count). The quantitative estimate of drug-likeness (QED) is 0.214. The second-order valence-corrected chi connectivity index (χ2v) is 9.49. The third kappa shape index (κ3) is 4.43. The van der Waals surface area contributed by atoms with Gasteiger partial charge in [-0.3, -0.25) is 0 Å². The fourth-order valence-corrected chi connectivity index (χ4v) is 5.49. The van der Waals surface area contributed by atoms with E-state index >= 15 is 0 Å². The Labute approximate surface area is 207 Å². The zero-order valence-corrected chi connectivity index (χ0v) is 19.7. The van der Waals surface area contributed by atoms with Crippen molar-refractivity contribution in [2.75, 3.05) is 6.61 Å². The molecule has 2 fully saturated rings. The summed E-state index contributed by atoms with van der Waals surface area (Å²) in [6, 6.07) is 42.0. The summed E-state index contributed by atoms with van der Waals surface area (Å²) in [5.41, 5.74) is 3.87. The van der Waals surface area contributed by atoms with Gasteiger partial charge in [0.2, 0.25) is 0 Å². The van der Waals surface area contributed by atoms with E-state index in [-0.39, 0.29) is 18.3 Å². The molecule has 1 saturated heterocycles. The van der Waals surface area contributed by atoms with Gasteiger partial charge in [-0.05, 0) is 28.7 Å². The first kappa shape index (κ1) is 22.2. The molecule has 0 amide bonds. The van der Waals surface area contributed by atoms with Crippen molar-refractivity contribution < 1.29 is 14.2 Å². The van der Waals surface area contributed by atoms with Crippen LogP contribution in [-0.4, -0.2) is 24.9 Å². The molecule has 0 radical (unpaired) electrons. The predicted molar refractivity (Wildman–Crippen MR) is 137 cm³/mol. The second kappa shape index (κ2) is 9.79. The van der Waals surface area contributed by atoms with E-state index in [0.717, 1.165) is 23.1 Å². The minimum atomic E-state index is -0.697. The molecule has 4 atom stereocenters. The third-order valence-electron chi connectivity index (χ3n) is 7.29. The van der Waals surface area contributed by atoms with Crippen molar-refractivity contribution in [2.45, 2.75) is 36.9 Å². The van der Waals surface area contributed by atoms with Crippen molar-refractivity contribution in [3.8, 4) is 0 Å². The number of hydrogen-bond donors (Lipinski definition) is 0. The highest BCUT2D eigenvalue weighted by Crippen LogP contribution is 2.47. The van der Waals surface area contributed by atoms with Crippen LogP contribution in [0.5, 0.6) is 0 Å². The minimum absolute atomic E-state index is 0.119. The molecule has 0 bridgehead atoms. The van der Waals surface area contributed by atoms with Crippen LogP contribution in [-0.2, 0) is 26.4 Å². The molecular weight excluding hydrogens is 432 g/mol. The molecule has 1 saturated carbocycles. The highest BCUT2D eigenvalue weighted by molar-refractivity contribution is 5.47. The van der Waals surface area contributed by atoms with Crippen LogP contribution in [0.4, 0.5) is 0 Å². The second-order valence-electron chi connectivity index (χ2n) is 9.49. The van der Waals surface area contributed by atoms with Crippen molar-refractivity contribution in [3.05, 3.63) is 144 Å². The standard InChI is InChI=1S/C32H30O3/c1-5-13-24(14-6-1)22-33-29-21-25(30-31(29)35-30)23-34-32(26-15-7-2-8-16-26,27-17-9-3-10-18-27)28-19-11-4-12-20-28/h1-20,25,29-31H,21-23H2/t25-,29+,30-,31+/m0/s1. The van der Waals surface area contributed by atoms with E-state index in [1.54, 1.807) is 0 Å². The molecule has 3 heteroatoms. The van der Waals surface area contributed by atoms with Crippen LogP contribution in [0.2, 0.25) is 0 Å². The van der Waals surface area contributed by atoms with Gasteiger partial charge < -0.3 is 14.2 Å². The zero-order chi connectivity index (χ0) is 23.5. The van der Waals surface area contributed by atoms with Crippen molar-refractivity contribution in [3.63, 3.8) is 0 Å². The normalized spacial score (nSPS) is 23.1. The highest BCUT2D eigenvalue weighted by atomic mass is 16.6. The Hall–Kier alpha value is -3.24. The molecule has 1 aliphatic heterocycles. The Morgan fingerprint density at radius 2 is 1.11 bits per heavy atom. The number of fused-ring (bicyclic) bond motifs is 1. The maximum Gasteiger partial charge on any atom is 0.143 e. The number of hydrogen-bond acceptors (Lipinski definition) is 3. The first-order chi connectivity index (χ1) is 17.3. The maximum absolute atomic E-state index is 7.04. The summed E-state index contributed by atoms with van der Waals surface area (Å²) in [5.74, 6) is 0.302. The summed E-state index contributed by atoms with van der Waals surface area (Å²) >= 11 is 0. The first-order valence-electron chi connectivity index (χ1n) is 12.5. The van der Waals surface area contributed by atoms with E-state index < -0.39 is 5.60 Å². The molecule has 0 unspecified atom stereocenters. The van der Waals surface area contributed by atoms with Gasteiger partial charge in [0, 0.05) is 5.92 Å². The van der Waals surface area contributed by atoms with Gasteiger partial charge in [-0.2, -0.15) is 0 Å². The van der Waals surface area contributed by atoms with Crippen LogP contribution in [0, 0.1) is 5.92 Å². The molecule has 0 aromatic heterocycles. The third-order valence-corrected chi connectivity index (χ3v) is 7.29. The van der Waals surface area contributed by atoms with Gasteiger partial charge in [0.1, 0.15) is 11.7 Å². The number of ether oxygens (including phenoxy) is 3. The SMILES string of the molecule is c1ccc(CO[C@@H]2C[C@@H](COC(c3ccccc3)(c3ccccc3)c3ccccc3)[C@@H]3O[C@@H]32)cc1. The van der Waals surface area contributed by atoms with Crippen LogP contribution in [0.25, 0.3) is 0 Å². The lowest BCUT2D eigenvalue weighted by Gasteiger charge is -2.37. The average Bonchev–Trinajstić information content (AvgIpc) is 3.66. The number of epoxide rings is 1. The van der Waals surface area contributed by atoms with Gasteiger partial charge in [0.25, 0.3) is 0 Å². The molecule has 35 heavy (non-hydrogen) atoms. The zero-order valence-electron chi connectivity index (χ0n) is 19.7. The van der Waals surface area contributed by atoms with E-state index in [0.29, 0.717) is 19.1 Å². The van der Waals surface area contributed by atoms with Crippen LogP contribution in [0.15, 0.2) is 121 Å². The fraction of sp³-hybridized carbons (Fsp3) is 0.250. The van der Waals surface area contributed by atoms with Crippen LogP contribution in [0.3, 0.4) is 0 Å². The lowest BCUT2D eigenvalue weighted by Crippen LogP contribution is -2.35. The molecule has 4 aromatic carbocycles. The fourth-order valence-electron chi connectivity index (χ4n) is 5.49. The Bertz CT molecular complexity index is 1110. The molecule has 4 aromatic rings. The van der Waals surface area contributed by atoms with Gasteiger partial charge in [-0.25, -0.2) is 0 Å². The van der Waals surface area contributed by atoms with Crippen LogP contribution < -0.4 is 0 Å². The minimum Gasteiger partial charge on any atom is -0.371 e. The van der Waals surface area contributed by atoms with Gasteiger partial charge in [-0.15, -0.1) is 0 Å². The Morgan fingerprint density at radius 3 is 1.63 bits per heavy atom. The summed E-state index contributed by atoms with van der Waals surface area (Å²) in [5, 5.41) is 0. The smallest absolute Gasteiger partial charge is 0.143 e. The summed E-state index contributed by atoms with van der Waals surface area (Å²) < 4.78 is 19.4. The van der Waals surface area contributed by atoms with Gasteiger partial charge in [0.15, 0.2) is 0 Å². The van der Waals surface area contributed by atoms with Gasteiger partial charge >= 0.3 is 0 Å². The molecule has 0 spiro atoms. The number of benzene rings is 4. The largest absolute Gasteiger partial charge is 0.371 e. The summed E-state index contributed by atoms with van der Waals surface area (Å²) in [7, 11) is 0. The highest BCUT2D eigenvalue weighted by Gasteiger charge is 2.57. The molecule has 3 nitrogen and oxygen atoms in total. The Balaban J connectivity index is 1.26. The van der Waals surface area contributed by atoms with Crippen LogP contribution >= 0.6 is 0 Å². The summed E-state index contributed by atoms with van der Waals surface area (Å²) in [6.07, 6.45) is 1.48. The van der Waals surface area contributed by atoms with Crippen molar-refractivity contribution in [1.82, 2.24) is 0 Å². The van der Waals surface area contributed by atoms with Gasteiger partial charge in [0.05, 0.1) is 25.4 Å². The lowest BCUT2D eigenvalue weighted by molar-refractivity contribution is -0.0367. The van der Waals surface area contributed by atoms with Crippen molar-refractivity contribution >= 4 is 0 Å². The van der Waals surface area contributed by atoms with E-state index in [1.807, 2.05) is 6.07 Å². The molecule has 0 N–H and O–H groups in total. The molecular formula is C32H30O3. The first-order valence-corrected chi connectivity index (χ1v) is 12.5. The maximum atomic E-state index is 7.04. The molecule has 1 aliphatic carbocycles. The summed E-state index contributed by atoms with van der Waals surface area (Å²) in [6.45, 7) is 1.22. The monoisotopic (exact) mass is 462 g/mol. The Kier molecular flexibility index (Phi) is 6.22. The number of rotatable bonds is 9. The van der Waals surface area contributed by atoms with Gasteiger partial charge in [-0.1, -0.05) is 121 Å². The van der Waals surface area contributed by atoms with Crippen molar-refractivity contribution in [2.24, 2.45) is 5.92 Å². The predicted octanol–water partition coefficient (Wildman–Crippen LogP) is 6.37. The molecule has 176 valence electrons. The molecule has 2 aliphatic rings. The van der Waals surface area contributed by atoms with Crippen LogP contribution in [0.1, 0.15) is 28.7 Å². The van der Waals surface area contributed by atoms with E-state index in [4.69, 9.17) is 14.2 Å². The Morgan fingerprint density at radius 1 is 0.629 bits per heavy atom. The van der Waals surface area contributed by atoms with E-state index in [9.17, 15) is 0 Å². The van der Waals surface area contributed by atoms with E-state index in [1.165, 1.54) is 5.56 Å². The molecule has 1 heterocycles. The average molecular weight is 463 g/mol. The lowest BCUT2D eigenvalue weighted by atomic mass is 9.80. The van der Waals surface area contributed by atoms with E-state index in [2.05, 4.69) is 115 Å². The topological polar surface area (TPSA) is 31.0 Å². The summed E-state index contributed by atoms with van der Waals surface area (Å²) in [4.78, 5) is 0. The van der Waals surface area contributed by atoms with Crippen molar-refractivity contribution in [1.29, 1.82) is 0 Å².